The first-order valence-corrected chi connectivity index (χ1v) is 7.27. The molecule has 2 N–H and O–H groups in total. The molecular formula is C10H12O5S2. The summed E-state index contributed by atoms with van der Waals surface area (Å²) in [7, 11) is -3.94. The molecule has 17 heavy (non-hydrogen) atoms. The van der Waals surface area contributed by atoms with Crippen molar-refractivity contribution in [3.63, 3.8) is 0 Å². The smallest absolute Gasteiger partial charge is 0.297 e. The fourth-order valence-corrected chi connectivity index (χ4v) is 3.31. The molecule has 7 heteroatoms. The molecule has 0 saturated carbocycles. The van der Waals surface area contributed by atoms with Crippen molar-refractivity contribution in [2.24, 2.45) is 0 Å². The van der Waals surface area contributed by atoms with Gasteiger partial charge in [0.2, 0.25) is 0 Å². The van der Waals surface area contributed by atoms with Gasteiger partial charge in [-0.1, -0.05) is 29.5 Å². The highest BCUT2D eigenvalue weighted by molar-refractivity contribution is 8.01. The molecule has 1 aromatic rings. The third-order valence-electron chi connectivity index (χ3n) is 2.39. The van der Waals surface area contributed by atoms with Crippen molar-refractivity contribution < 1.29 is 22.8 Å². The Bertz CT molecular complexity index is 488. The molecule has 1 aliphatic rings. The Morgan fingerprint density at radius 2 is 1.71 bits per heavy atom. The summed E-state index contributed by atoms with van der Waals surface area (Å²) in [5.74, 6) is 0. The predicted molar refractivity (Wildman–Crippen MR) is 62.8 cm³/mol. The number of rotatable bonds is 3. The highest BCUT2D eigenvalue weighted by Crippen LogP contribution is 2.37. The fourth-order valence-electron chi connectivity index (χ4n) is 1.35. The molecular weight excluding hydrogens is 264 g/mol. The molecule has 1 aromatic carbocycles. The van der Waals surface area contributed by atoms with Crippen molar-refractivity contribution in [2.45, 2.75) is 28.8 Å². The van der Waals surface area contributed by atoms with Crippen molar-refractivity contribution >= 4 is 21.9 Å². The van der Waals surface area contributed by atoms with Gasteiger partial charge in [0.15, 0.2) is 0 Å². The zero-order valence-corrected chi connectivity index (χ0v) is 10.6. The molecule has 94 valence electrons. The van der Waals surface area contributed by atoms with E-state index in [2.05, 4.69) is 0 Å². The molecule has 0 spiro atoms. The van der Waals surface area contributed by atoms with E-state index in [1.807, 2.05) is 6.92 Å². The fraction of sp³-hybridized carbons (Fsp3) is 0.400. The third kappa shape index (κ3) is 2.63. The van der Waals surface area contributed by atoms with Gasteiger partial charge in [0, 0.05) is 0 Å². The van der Waals surface area contributed by atoms with E-state index in [-0.39, 0.29) is 4.90 Å². The Hall–Kier alpha value is -0.600. The van der Waals surface area contributed by atoms with Gasteiger partial charge < -0.3 is 10.2 Å². The summed E-state index contributed by atoms with van der Waals surface area (Å²) in [5.41, 5.74) is -1.08. The first-order valence-electron chi connectivity index (χ1n) is 4.92. The van der Waals surface area contributed by atoms with Crippen molar-refractivity contribution in [3.8, 4) is 0 Å². The molecule has 0 aliphatic carbocycles. The molecule has 1 saturated heterocycles. The minimum Gasteiger partial charge on any atom is -0.379 e. The van der Waals surface area contributed by atoms with Gasteiger partial charge in [0.05, 0.1) is 4.90 Å². The monoisotopic (exact) mass is 276 g/mol. The molecule has 2 unspecified atom stereocenters. The zero-order chi connectivity index (χ0) is 12.6. The van der Waals surface area contributed by atoms with E-state index in [0.29, 0.717) is 0 Å². The summed E-state index contributed by atoms with van der Waals surface area (Å²) in [6.07, 6.45) is -1.09. The van der Waals surface area contributed by atoms with Crippen LogP contribution in [0.3, 0.4) is 0 Å². The summed E-state index contributed by atoms with van der Waals surface area (Å²) >= 11 is 0.851. The number of benzene rings is 1. The lowest BCUT2D eigenvalue weighted by atomic mass is 10.2. The average molecular weight is 276 g/mol. The Morgan fingerprint density at radius 1 is 1.18 bits per heavy atom. The van der Waals surface area contributed by atoms with Crippen LogP contribution in [0.4, 0.5) is 0 Å². The second-order valence-electron chi connectivity index (χ2n) is 3.75. The summed E-state index contributed by atoms with van der Waals surface area (Å²) < 4.78 is 28.3. The van der Waals surface area contributed by atoms with Gasteiger partial charge >= 0.3 is 0 Å². The van der Waals surface area contributed by atoms with Gasteiger partial charge in [-0.3, -0.25) is 4.18 Å². The van der Waals surface area contributed by atoms with E-state index in [9.17, 15) is 18.6 Å². The number of hydrogen-bond donors (Lipinski definition) is 2. The van der Waals surface area contributed by atoms with Crippen LogP contribution in [0.1, 0.15) is 5.56 Å². The minimum atomic E-state index is -3.94. The van der Waals surface area contributed by atoms with E-state index >= 15 is 0 Å². The van der Waals surface area contributed by atoms with Crippen LogP contribution in [-0.2, 0) is 14.3 Å². The standard InChI is InChI=1S/C10H12O5S2/c1-6-2-4-7(5-3-6)17(13,14)15-8-9(11)16-10(8)12/h2-5,8-12H,1H3. The lowest BCUT2D eigenvalue weighted by molar-refractivity contribution is 0.00681. The minimum absolute atomic E-state index is 0.0133. The summed E-state index contributed by atoms with van der Waals surface area (Å²) in [6.45, 7) is 1.84. The van der Waals surface area contributed by atoms with Crippen LogP contribution in [-0.4, -0.2) is 35.6 Å². The second kappa shape index (κ2) is 4.58. The van der Waals surface area contributed by atoms with Gasteiger partial charge in [0.25, 0.3) is 10.1 Å². The van der Waals surface area contributed by atoms with Crippen LogP contribution in [0, 0.1) is 6.92 Å². The maximum absolute atomic E-state index is 11.8. The Labute approximate surface area is 104 Å². The first kappa shape index (κ1) is 12.8. The van der Waals surface area contributed by atoms with Crippen LogP contribution >= 0.6 is 11.8 Å². The molecule has 1 aliphatic heterocycles. The highest BCUT2D eigenvalue weighted by atomic mass is 32.2. The number of aryl methyl sites for hydroxylation is 1. The molecule has 1 fully saturated rings. The van der Waals surface area contributed by atoms with Crippen LogP contribution < -0.4 is 0 Å². The predicted octanol–water partition coefficient (Wildman–Crippen LogP) is 0.453. The topological polar surface area (TPSA) is 83.8 Å². The van der Waals surface area contributed by atoms with E-state index in [1.165, 1.54) is 12.1 Å². The lowest BCUT2D eigenvalue weighted by Crippen LogP contribution is -2.48. The summed E-state index contributed by atoms with van der Waals surface area (Å²) in [5, 5.41) is 18.5. The quantitative estimate of drug-likeness (QED) is 0.780. The van der Waals surface area contributed by atoms with Crippen molar-refractivity contribution in [1.82, 2.24) is 0 Å². The zero-order valence-electron chi connectivity index (χ0n) is 8.98. The molecule has 5 nitrogen and oxygen atoms in total. The molecule has 0 radical (unpaired) electrons. The first-order chi connectivity index (χ1) is 7.90. The molecule has 2 atom stereocenters. The Morgan fingerprint density at radius 3 is 2.18 bits per heavy atom. The summed E-state index contributed by atoms with van der Waals surface area (Å²) in [6, 6.07) is 6.15. The van der Waals surface area contributed by atoms with Gasteiger partial charge in [-0.2, -0.15) is 8.42 Å². The highest BCUT2D eigenvalue weighted by Gasteiger charge is 2.44. The van der Waals surface area contributed by atoms with E-state index in [0.717, 1.165) is 17.3 Å². The Kier molecular flexibility index (Phi) is 3.46. The van der Waals surface area contributed by atoms with Gasteiger partial charge in [-0.05, 0) is 19.1 Å². The Balaban J connectivity index is 2.16. The van der Waals surface area contributed by atoms with Gasteiger partial charge in [-0.25, -0.2) is 0 Å². The van der Waals surface area contributed by atoms with Gasteiger partial charge in [0.1, 0.15) is 17.0 Å². The van der Waals surface area contributed by atoms with Crippen LogP contribution in [0.2, 0.25) is 0 Å². The molecule has 0 bridgehead atoms. The maximum Gasteiger partial charge on any atom is 0.297 e. The molecule has 0 aromatic heterocycles. The SMILES string of the molecule is Cc1ccc(S(=O)(=O)OC2C(O)SC2O)cc1. The normalized spacial score (nSPS) is 28.8. The van der Waals surface area contributed by atoms with Crippen LogP contribution in [0.15, 0.2) is 29.2 Å². The van der Waals surface area contributed by atoms with E-state index in [1.54, 1.807) is 12.1 Å². The average Bonchev–Trinajstić information content (AvgIpc) is 2.27. The van der Waals surface area contributed by atoms with Crippen LogP contribution in [0.25, 0.3) is 0 Å². The van der Waals surface area contributed by atoms with E-state index in [4.69, 9.17) is 4.18 Å². The number of aliphatic hydroxyl groups is 2. The lowest BCUT2D eigenvalue weighted by Gasteiger charge is -2.35. The third-order valence-corrected chi connectivity index (χ3v) is 4.81. The largest absolute Gasteiger partial charge is 0.379 e. The second-order valence-corrected chi connectivity index (χ2v) is 6.56. The van der Waals surface area contributed by atoms with Crippen molar-refractivity contribution in [1.29, 1.82) is 0 Å². The molecule has 2 rings (SSSR count). The van der Waals surface area contributed by atoms with Crippen molar-refractivity contribution in [2.75, 3.05) is 0 Å². The van der Waals surface area contributed by atoms with Gasteiger partial charge in [-0.15, -0.1) is 0 Å². The summed E-state index contributed by atoms with van der Waals surface area (Å²) in [4.78, 5) is 0.0133. The molecule has 0 amide bonds. The van der Waals surface area contributed by atoms with Crippen molar-refractivity contribution in [3.05, 3.63) is 29.8 Å². The maximum atomic E-state index is 11.8. The van der Waals surface area contributed by atoms with E-state index < -0.39 is 27.1 Å². The number of aliphatic hydroxyl groups excluding tert-OH is 2. The number of hydrogen-bond acceptors (Lipinski definition) is 6. The number of thioether (sulfide) groups is 1. The molecule has 1 heterocycles. The van der Waals surface area contributed by atoms with Crippen LogP contribution in [0.5, 0.6) is 0 Å².